The van der Waals surface area contributed by atoms with Crippen LogP contribution >= 0.6 is 0 Å². The summed E-state index contributed by atoms with van der Waals surface area (Å²) in [6.45, 7) is 4.17. The summed E-state index contributed by atoms with van der Waals surface area (Å²) in [5, 5.41) is 21.3. The van der Waals surface area contributed by atoms with Crippen LogP contribution in [0.15, 0.2) is 24.3 Å². The van der Waals surface area contributed by atoms with Crippen molar-refractivity contribution >= 4 is 0 Å². The lowest BCUT2D eigenvalue weighted by Gasteiger charge is -2.17. The molecular formula is C14H23NO3. The zero-order chi connectivity index (χ0) is 13.2. The standard InChI is InChI=1S/C14H23NO3/c1-2-14(12-4-6-13(17)7-5-12)15-8-3-10-18-11-9-16/h4-7,14-17H,2-3,8-11H2,1H3. The van der Waals surface area contributed by atoms with Crippen molar-refractivity contribution in [2.24, 2.45) is 0 Å². The maximum atomic E-state index is 9.25. The lowest BCUT2D eigenvalue weighted by Crippen LogP contribution is -2.23. The van der Waals surface area contributed by atoms with Crippen LogP contribution in [0.3, 0.4) is 0 Å². The molecule has 1 rings (SSSR count). The first-order valence-electron chi connectivity index (χ1n) is 6.48. The molecule has 1 aromatic rings. The second-order valence-electron chi connectivity index (χ2n) is 4.20. The first-order chi connectivity index (χ1) is 8.77. The molecule has 0 amide bonds. The SMILES string of the molecule is CCC(NCCCOCCO)c1ccc(O)cc1. The zero-order valence-electron chi connectivity index (χ0n) is 10.9. The Labute approximate surface area is 109 Å². The number of nitrogens with one attached hydrogen (secondary N) is 1. The molecule has 0 fully saturated rings. The minimum atomic E-state index is 0.0819. The van der Waals surface area contributed by atoms with Gasteiger partial charge in [0.2, 0.25) is 0 Å². The van der Waals surface area contributed by atoms with E-state index in [9.17, 15) is 5.11 Å². The van der Waals surface area contributed by atoms with Gasteiger partial charge in [-0.15, -0.1) is 0 Å². The topological polar surface area (TPSA) is 61.7 Å². The molecule has 0 aromatic heterocycles. The van der Waals surface area contributed by atoms with Gasteiger partial charge in [-0.25, -0.2) is 0 Å². The highest BCUT2D eigenvalue weighted by Crippen LogP contribution is 2.19. The normalized spacial score (nSPS) is 12.6. The molecule has 1 aromatic carbocycles. The van der Waals surface area contributed by atoms with Crippen LogP contribution in [0.25, 0.3) is 0 Å². The van der Waals surface area contributed by atoms with Gasteiger partial charge in [0.05, 0.1) is 13.2 Å². The third-order valence-electron chi connectivity index (χ3n) is 2.80. The largest absolute Gasteiger partial charge is 0.508 e. The number of aromatic hydroxyl groups is 1. The van der Waals surface area contributed by atoms with Crippen molar-refractivity contribution in [1.29, 1.82) is 0 Å². The quantitative estimate of drug-likeness (QED) is 0.588. The number of rotatable bonds is 9. The van der Waals surface area contributed by atoms with Crippen LogP contribution in [-0.2, 0) is 4.74 Å². The number of hydrogen-bond acceptors (Lipinski definition) is 4. The van der Waals surface area contributed by atoms with E-state index in [4.69, 9.17) is 9.84 Å². The predicted molar refractivity (Wildman–Crippen MR) is 71.7 cm³/mol. The van der Waals surface area contributed by atoms with Gasteiger partial charge >= 0.3 is 0 Å². The van der Waals surface area contributed by atoms with Crippen molar-refractivity contribution in [2.45, 2.75) is 25.8 Å². The van der Waals surface area contributed by atoms with E-state index in [0.717, 1.165) is 19.4 Å². The van der Waals surface area contributed by atoms with Crippen molar-refractivity contribution in [3.63, 3.8) is 0 Å². The molecule has 4 nitrogen and oxygen atoms in total. The van der Waals surface area contributed by atoms with Crippen LogP contribution in [0, 0.1) is 0 Å². The van der Waals surface area contributed by atoms with Crippen LogP contribution < -0.4 is 5.32 Å². The minimum Gasteiger partial charge on any atom is -0.508 e. The number of phenols is 1. The van der Waals surface area contributed by atoms with Gasteiger partial charge in [-0.3, -0.25) is 0 Å². The van der Waals surface area contributed by atoms with Crippen LogP contribution in [-0.4, -0.2) is 36.6 Å². The molecule has 102 valence electrons. The third kappa shape index (κ3) is 5.49. The lowest BCUT2D eigenvalue weighted by molar-refractivity contribution is 0.0903. The second kappa shape index (κ2) is 8.91. The highest BCUT2D eigenvalue weighted by Gasteiger charge is 2.07. The van der Waals surface area contributed by atoms with Crippen molar-refractivity contribution in [2.75, 3.05) is 26.4 Å². The average molecular weight is 253 g/mol. The van der Waals surface area contributed by atoms with Gasteiger partial charge < -0.3 is 20.3 Å². The van der Waals surface area contributed by atoms with E-state index in [1.165, 1.54) is 5.56 Å². The predicted octanol–water partition coefficient (Wildman–Crippen LogP) is 1.83. The van der Waals surface area contributed by atoms with Crippen LogP contribution in [0.4, 0.5) is 0 Å². The van der Waals surface area contributed by atoms with Gasteiger partial charge in [0, 0.05) is 12.6 Å². The number of hydrogen-bond donors (Lipinski definition) is 3. The fourth-order valence-corrected chi connectivity index (χ4v) is 1.82. The molecule has 0 spiro atoms. The smallest absolute Gasteiger partial charge is 0.115 e. The second-order valence-corrected chi connectivity index (χ2v) is 4.20. The van der Waals surface area contributed by atoms with Crippen LogP contribution in [0.2, 0.25) is 0 Å². The summed E-state index contributed by atoms with van der Waals surface area (Å²) in [5.41, 5.74) is 1.19. The third-order valence-corrected chi connectivity index (χ3v) is 2.80. The molecule has 0 bridgehead atoms. The van der Waals surface area contributed by atoms with Gasteiger partial charge in [0.15, 0.2) is 0 Å². The average Bonchev–Trinajstić information content (AvgIpc) is 2.39. The molecule has 0 saturated heterocycles. The van der Waals surface area contributed by atoms with Crippen LogP contribution in [0.1, 0.15) is 31.4 Å². The summed E-state index contributed by atoms with van der Waals surface area (Å²) < 4.78 is 5.20. The van der Waals surface area contributed by atoms with Gasteiger partial charge in [-0.2, -0.15) is 0 Å². The van der Waals surface area contributed by atoms with Gasteiger partial charge in [-0.05, 0) is 37.1 Å². The molecule has 3 N–H and O–H groups in total. The monoisotopic (exact) mass is 253 g/mol. The molecule has 0 aliphatic rings. The summed E-state index contributed by atoms with van der Waals surface area (Å²) in [7, 11) is 0. The summed E-state index contributed by atoms with van der Waals surface area (Å²) in [5.74, 6) is 0.297. The number of aliphatic hydroxyl groups excluding tert-OH is 1. The first kappa shape index (κ1) is 15.0. The van der Waals surface area contributed by atoms with E-state index in [0.29, 0.717) is 25.0 Å². The fourth-order valence-electron chi connectivity index (χ4n) is 1.82. The Morgan fingerprint density at radius 2 is 1.94 bits per heavy atom. The molecule has 0 radical (unpaired) electrons. The Morgan fingerprint density at radius 1 is 1.22 bits per heavy atom. The highest BCUT2D eigenvalue weighted by molar-refractivity contribution is 5.27. The molecule has 0 aliphatic carbocycles. The summed E-state index contributed by atoms with van der Waals surface area (Å²) in [6.07, 6.45) is 1.93. The number of ether oxygens (including phenoxy) is 1. The summed E-state index contributed by atoms with van der Waals surface area (Å²) >= 11 is 0. The first-order valence-corrected chi connectivity index (χ1v) is 6.48. The van der Waals surface area contributed by atoms with Gasteiger partial charge in [-0.1, -0.05) is 19.1 Å². The van der Waals surface area contributed by atoms with E-state index in [2.05, 4.69) is 12.2 Å². The van der Waals surface area contributed by atoms with E-state index in [-0.39, 0.29) is 6.61 Å². The van der Waals surface area contributed by atoms with Crippen molar-refractivity contribution < 1.29 is 14.9 Å². The van der Waals surface area contributed by atoms with Crippen molar-refractivity contribution in [3.05, 3.63) is 29.8 Å². The van der Waals surface area contributed by atoms with E-state index in [1.807, 2.05) is 12.1 Å². The Morgan fingerprint density at radius 3 is 2.56 bits per heavy atom. The Bertz CT molecular complexity index is 313. The molecule has 0 saturated carbocycles. The zero-order valence-corrected chi connectivity index (χ0v) is 10.9. The molecule has 0 heterocycles. The van der Waals surface area contributed by atoms with Crippen molar-refractivity contribution in [3.8, 4) is 5.75 Å². The van der Waals surface area contributed by atoms with E-state index in [1.54, 1.807) is 12.1 Å². The molecule has 0 aliphatic heterocycles. The molecule has 4 heteroatoms. The molecule has 1 atom stereocenters. The number of phenolic OH excluding ortho intramolecular Hbond substituents is 1. The summed E-state index contributed by atoms with van der Waals surface area (Å²) in [6, 6.07) is 7.62. The van der Waals surface area contributed by atoms with E-state index >= 15 is 0 Å². The van der Waals surface area contributed by atoms with Gasteiger partial charge in [0.1, 0.15) is 5.75 Å². The molecule has 1 unspecified atom stereocenters. The number of benzene rings is 1. The minimum absolute atomic E-state index is 0.0819. The highest BCUT2D eigenvalue weighted by atomic mass is 16.5. The Hall–Kier alpha value is -1.10. The van der Waals surface area contributed by atoms with Crippen LogP contribution in [0.5, 0.6) is 5.75 Å². The maximum absolute atomic E-state index is 9.25. The lowest BCUT2D eigenvalue weighted by atomic mass is 10.0. The van der Waals surface area contributed by atoms with Crippen molar-refractivity contribution in [1.82, 2.24) is 5.32 Å². The number of aliphatic hydroxyl groups is 1. The fraction of sp³-hybridized carbons (Fsp3) is 0.571. The van der Waals surface area contributed by atoms with E-state index < -0.39 is 0 Å². The summed E-state index contributed by atoms with van der Waals surface area (Å²) in [4.78, 5) is 0. The van der Waals surface area contributed by atoms with Gasteiger partial charge in [0.25, 0.3) is 0 Å². The Kier molecular flexibility index (Phi) is 7.41. The molecular weight excluding hydrogens is 230 g/mol. The maximum Gasteiger partial charge on any atom is 0.115 e. The molecule has 18 heavy (non-hydrogen) atoms. The Balaban J connectivity index is 2.27.